The number of rotatable bonds is 5. The summed E-state index contributed by atoms with van der Waals surface area (Å²) >= 11 is 11.9. The zero-order valence-electron chi connectivity index (χ0n) is 9.17. The molecule has 0 saturated carbocycles. The van der Waals surface area contributed by atoms with Crippen molar-refractivity contribution in [3.05, 3.63) is 33.8 Å². The van der Waals surface area contributed by atoms with Gasteiger partial charge in [-0.1, -0.05) is 35.3 Å². The molecule has 1 rings (SSSR count). The third-order valence-electron chi connectivity index (χ3n) is 2.30. The number of hydrogen-bond acceptors (Lipinski definition) is 2. The van der Waals surface area contributed by atoms with E-state index >= 15 is 0 Å². The lowest BCUT2D eigenvalue weighted by molar-refractivity contribution is -0.118. The molecule has 0 bridgehead atoms. The first-order valence-corrected chi connectivity index (χ1v) is 5.96. The van der Waals surface area contributed by atoms with Crippen molar-refractivity contribution in [3.63, 3.8) is 0 Å². The molecule has 0 aliphatic rings. The predicted molar refractivity (Wildman–Crippen MR) is 68.1 cm³/mol. The molecule has 0 spiro atoms. The van der Waals surface area contributed by atoms with Crippen LogP contribution in [-0.2, 0) is 11.2 Å². The van der Waals surface area contributed by atoms with Crippen molar-refractivity contribution in [3.8, 4) is 0 Å². The van der Waals surface area contributed by atoms with Crippen LogP contribution in [0.5, 0.6) is 0 Å². The highest BCUT2D eigenvalue weighted by Gasteiger charge is 2.09. The normalized spacial score (nSPS) is 12.5. The van der Waals surface area contributed by atoms with Crippen LogP contribution in [0.3, 0.4) is 0 Å². The third-order valence-corrected chi connectivity index (χ3v) is 3.16. The van der Waals surface area contributed by atoms with E-state index in [1.165, 1.54) is 0 Å². The molecule has 4 heteroatoms. The number of halogens is 2. The van der Waals surface area contributed by atoms with Crippen LogP contribution in [0.2, 0.25) is 10.0 Å². The maximum atomic E-state index is 11.6. The van der Waals surface area contributed by atoms with Crippen molar-refractivity contribution < 1.29 is 4.79 Å². The fourth-order valence-corrected chi connectivity index (χ4v) is 1.76. The zero-order valence-corrected chi connectivity index (χ0v) is 10.7. The Kier molecular flexibility index (Phi) is 5.26. The van der Waals surface area contributed by atoms with Crippen molar-refractivity contribution in [2.75, 3.05) is 0 Å². The zero-order chi connectivity index (χ0) is 12.1. The van der Waals surface area contributed by atoms with Gasteiger partial charge in [-0.15, -0.1) is 0 Å². The molecule has 0 heterocycles. The van der Waals surface area contributed by atoms with Gasteiger partial charge < -0.3 is 5.73 Å². The SMILES string of the molecule is CC(N)CCC(=O)Cc1cccc(Cl)c1Cl. The van der Waals surface area contributed by atoms with Gasteiger partial charge in [-0.25, -0.2) is 0 Å². The van der Waals surface area contributed by atoms with Gasteiger partial charge in [0.1, 0.15) is 5.78 Å². The first-order valence-electron chi connectivity index (χ1n) is 5.21. The summed E-state index contributed by atoms with van der Waals surface area (Å²) in [5, 5.41) is 0.956. The number of nitrogens with two attached hydrogens (primary N) is 1. The molecular formula is C12H15Cl2NO. The molecule has 88 valence electrons. The van der Waals surface area contributed by atoms with Gasteiger partial charge in [-0.2, -0.15) is 0 Å². The highest BCUT2D eigenvalue weighted by atomic mass is 35.5. The standard InChI is InChI=1S/C12H15Cl2NO/c1-8(15)5-6-10(16)7-9-3-2-4-11(13)12(9)14/h2-4,8H,5-7,15H2,1H3. The molecule has 2 nitrogen and oxygen atoms in total. The summed E-state index contributed by atoms with van der Waals surface area (Å²) in [7, 11) is 0. The van der Waals surface area contributed by atoms with Gasteiger partial charge in [0.25, 0.3) is 0 Å². The molecule has 0 amide bonds. The van der Waals surface area contributed by atoms with Crippen molar-refractivity contribution in [2.45, 2.75) is 32.2 Å². The van der Waals surface area contributed by atoms with Crippen molar-refractivity contribution in [2.24, 2.45) is 5.73 Å². The summed E-state index contributed by atoms with van der Waals surface area (Å²) in [6, 6.07) is 5.37. The molecule has 0 radical (unpaired) electrons. The van der Waals surface area contributed by atoms with Crippen LogP contribution in [0.1, 0.15) is 25.3 Å². The van der Waals surface area contributed by atoms with Gasteiger partial charge in [0, 0.05) is 18.9 Å². The monoisotopic (exact) mass is 259 g/mol. The van der Waals surface area contributed by atoms with Gasteiger partial charge in [-0.05, 0) is 25.0 Å². The number of Topliss-reactive ketones (excluding diaryl/α,β-unsaturated/α-hetero) is 1. The lowest BCUT2D eigenvalue weighted by Crippen LogP contribution is -2.17. The van der Waals surface area contributed by atoms with Crippen molar-refractivity contribution >= 4 is 29.0 Å². The van der Waals surface area contributed by atoms with Crippen LogP contribution in [0.4, 0.5) is 0 Å². The first-order chi connectivity index (χ1) is 7.50. The average molecular weight is 260 g/mol. The Labute approximate surface area is 106 Å². The Morgan fingerprint density at radius 3 is 2.75 bits per heavy atom. The van der Waals surface area contributed by atoms with Crippen LogP contribution < -0.4 is 5.73 Å². The summed E-state index contributed by atoms with van der Waals surface area (Å²) in [6.07, 6.45) is 1.52. The molecular weight excluding hydrogens is 245 g/mol. The molecule has 1 aromatic carbocycles. The molecule has 1 unspecified atom stereocenters. The van der Waals surface area contributed by atoms with E-state index in [4.69, 9.17) is 28.9 Å². The summed E-state index contributed by atoms with van der Waals surface area (Å²) in [5.74, 6) is 0.140. The van der Waals surface area contributed by atoms with Crippen LogP contribution in [0.15, 0.2) is 18.2 Å². The number of ketones is 1. The van der Waals surface area contributed by atoms with Gasteiger partial charge in [0.05, 0.1) is 10.0 Å². The van der Waals surface area contributed by atoms with Gasteiger partial charge in [0.15, 0.2) is 0 Å². The van der Waals surface area contributed by atoms with E-state index in [1.807, 2.05) is 13.0 Å². The van der Waals surface area contributed by atoms with Gasteiger partial charge in [-0.3, -0.25) is 4.79 Å². The van der Waals surface area contributed by atoms with E-state index in [2.05, 4.69) is 0 Å². The number of carbonyl (C=O) groups is 1. The molecule has 2 N–H and O–H groups in total. The molecule has 0 aliphatic heterocycles. The van der Waals surface area contributed by atoms with E-state index in [0.717, 1.165) is 5.56 Å². The van der Waals surface area contributed by atoms with Crippen LogP contribution >= 0.6 is 23.2 Å². The van der Waals surface area contributed by atoms with Crippen molar-refractivity contribution in [1.29, 1.82) is 0 Å². The average Bonchev–Trinajstić information content (AvgIpc) is 2.22. The minimum absolute atomic E-state index is 0.0544. The Morgan fingerprint density at radius 1 is 1.44 bits per heavy atom. The Balaban J connectivity index is 2.59. The highest BCUT2D eigenvalue weighted by Crippen LogP contribution is 2.26. The lowest BCUT2D eigenvalue weighted by atomic mass is 10.0. The van der Waals surface area contributed by atoms with E-state index in [1.54, 1.807) is 12.1 Å². The maximum Gasteiger partial charge on any atom is 0.137 e. The largest absolute Gasteiger partial charge is 0.328 e. The Morgan fingerprint density at radius 2 is 2.12 bits per heavy atom. The fourth-order valence-electron chi connectivity index (χ4n) is 1.37. The second-order valence-electron chi connectivity index (χ2n) is 3.94. The van der Waals surface area contributed by atoms with Crippen LogP contribution in [0, 0.1) is 0 Å². The Bertz CT molecular complexity index is 377. The minimum atomic E-state index is 0.0544. The molecule has 16 heavy (non-hydrogen) atoms. The van der Waals surface area contributed by atoms with E-state index in [9.17, 15) is 4.79 Å². The minimum Gasteiger partial charge on any atom is -0.328 e. The molecule has 0 saturated heterocycles. The summed E-state index contributed by atoms with van der Waals surface area (Å²) in [4.78, 5) is 11.6. The summed E-state index contributed by atoms with van der Waals surface area (Å²) in [6.45, 7) is 1.89. The Hall–Kier alpha value is -0.570. The molecule has 1 aromatic rings. The van der Waals surface area contributed by atoms with E-state index in [-0.39, 0.29) is 11.8 Å². The third kappa shape index (κ3) is 4.12. The molecule has 1 atom stereocenters. The number of benzene rings is 1. The maximum absolute atomic E-state index is 11.6. The summed E-state index contributed by atoms with van der Waals surface area (Å²) in [5.41, 5.74) is 6.37. The number of hydrogen-bond donors (Lipinski definition) is 1. The van der Waals surface area contributed by atoms with E-state index in [0.29, 0.717) is 29.3 Å². The smallest absolute Gasteiger partial charge is 0.137 e. The highest BCUT2D eigenvalue weighted by molar-refractivity contribution is 6.42. The number of carbonyl (C=O) groups excluding carboxylic acids is 1. The van der Waals surface area contributed by atoms with Gasteiger partial charge >= 0.3 is 0 Å². The second kappa shape index (κ2) is 6.24. The van der Waals surface area contributed by atoms with Gasteiger partial charge in [0.2, 0.25) is 0 Å². The predicted octanol–water partition coefficient (Wildman–Crippen LogP) is 3.23. The van der Waals surface area contributed by atoms with Crippen LogP contribution in [-0.4, -0.2) is 11.8 Å². The second-order valence-corrected chi connectivity index (χ2v) is 4.73. The summed E-state index contributed by atoms with van der Waals surface area (Å²) < 4.78 is 0. The van der Waals surface area contributed by atoms with Crippen molar-refractivity contribution in [1.82, 2.24) is 0 Å². The molecule has 0 aromatic heterocycles. The lowest BCUT2D eigenvalue weighted by Gasteiger charge is -2.06. The molecule has 0 fully saturated rings. The quantitative estimate of drug-likeness (QED) is 0.883. The van der Waals surface area contributed by atoms with Crippen LogP contribution in [0.25, 0.3) is 0 Å². The first kappa shape index (κ1) is 13.5. The topological polar surface area (TPSA) is 43.1 Å². The molecule has 0 aliphatic carbocycles. The van der Waals surface area contributed by atoms with E-state index < -0.39 is 0 Å². The fraction of sp³-hybridized carbons (Fsp3) is 0.417.